The number of carbonyl (C=O) groups is 2. The van der Waals surface area contributed by atoms with Crippen LogP contribution in [0.1, 0.15) is 18.6 Å². The fourth-order valence-electron chi connectivity index (χ4n) is 2.57. The normalized spacial score (nSPS) is 19.1. The molecule has 7 nitrogen and oxygen atoms in total. The molecule has 0 saturated carbocycles. The van der Waals surface area contributed by atoms with Crippen molar-refractivity contribution in [2.75, 3.05) is 26.8 Å². The second-order valence-corrected chi connectivity index (χ2v) is 5.48. The lowest BCUT2D eigenvalue weighted by atomic mass is 10.1. The number of carboxylic acid groups (broad SMARTS) is 1. The van der Waals surface area contributed by atoms with Gasteiger partial charge in [0.15, 0.2) is 0 Å². The van der Waals surface area contributed by atoms with Crippen molar-refractivity contribution in [2.45, 2.75) is 25.3 Å². The second-order valence-electron chi connectivity index (χ2n) is 5.48. The Hall–Kier alpha value is -2.02. The molecule has 1 fully saturated rings. The predicted octanol–water partition coefficient (Wildman–Crippen LogP) is 1.34. The van der Waals surface area contributed by atoms with Gasteiger partial charge in [-0.25, -0.2) is 4.79 Å². The van der Waals surface area contributed by atoms with Crippen LogP contribution in [0.4, 0.5) is 4.79 Å². The molecular formula is C15H22N2O5. The van der Waals surface area contributed by atoms with Crippen LogP contribution in [0.25, 0.3) is 0 Å². The summed E-state index contributed by atoms with van der Waals surface area (Å²) >= 11 is 0. The number of hydrogen-bond donors (Lipinski definition) is 2. The average molecular weight is 310 g/mol. The minimum Gasteiger partial charge on any atom is -0.481 e. The van der Waals surface area contributed by atoms with Gasteiger partial charge in [-0.05, 0) is 25.0 Å². The Balaban J connectivity index is 1.88. The summed E-state index contributed by atoms with van der Waals surface area (Å²) in [5, 5.41) is 11.9. The number of likely N-dealkylation sites (tertiary alicyclic amines) is 1. The topological polar surface area (TPSA) is 92.0 Å². The first-order valence-electron chi connectivity index (χ1n) is 7.39. The molecule has 0 spiro atoms. The van der Waals surface area contributed by atoms with Gasteiger partial charge in [-0.1, -0.05) is 0 Å². The van der Waals surface area contributed by atoms with Crippen LogP contribution >= 0.6 is 0 Å². The second kappa shape index (κ2) is 7.84. The molecule has 22 heavy (non-hydrogen) atoms. The zero-order valence-electron chi connectivity index (χ0n) is 12.7. The van der Waals surface area contributed by atoms with Gasteiger partial charge < -0.3 is 24.5 Å². The monoisotopic (exact) mass is 310 g/mol. The summed E-state index contributed by atoms with van der Waals surface area (Å²) in [5.41, 5.74) is 0. The van der Waals surface area contributed by atoms with Gasteiger partial charge in [-0.2, -0.15) is 0 Å². The fourth-order valence-corrected chi connectivity index (χ4v) is 2.57. The number of furan rings is 1. The summed E-state index contributed by atoms with van der Waals surface area (Å²) in [6.07, 6.45) is 3.35. The lowest BCUT2D eigenvalue weighted by Crippen LogP contribution is -2.45. The van der Waals surface area contributed by atoms with Gasteiger partial charge in [-0.15, -0.1) is 0 Å². The average Bonchev–Trinajstić information content (AvgIpc) is 3.15. The van der Waals surface area contributed by atoms with Crippen molar-refractivity contribution in [3.63, 3.8) is 0 Å². The smallest absolute Gasteiger partial charge is 0.317 e. The third-order valence-electron chi connectivity index (χ3n) is 3.85. The summed E-state index contributed by atoms with van der Waals surface area (Å²) < 4.78 is 10.4. The van der Waals surface area contributed by atoms with E-state index in [1.165, 1.54) is 0 Å². The van der Waals surface area contributed by atoms with E-state index in [1.54, 1.807) is 18.3 Å². The number of nitrogens with zero attached hydrogens (tertiary/aromatic N) is 1. The Morgan fingerprint density at radius 3 is 3.00 bits per heavy atom. The largest absolute Gasteiger partial charge is 0.481 e. The molecule has 0 aromatic carbocycles. The Labute approximate surface area is 129 Å². The maximum atomic E-state index is 12.3. The van der Waals surface area contributed by atoms with E-state index < -0.39 is 11.9 Å². The number of urea groups is 1. The molecule has 0 aliphatic carbocycles. The van der Waals surface area contributed by atoms with Crippen molar-refractivity contribution in [1.82, 2.24) is 10.2 Å². The highest BCUT2D eigenvalue weighted by Crippen LogP contribution is 2.17. The predicted molar refractivity (Wildman–Crippen MR) is 78.5 cm³/mol. The van der Waals surface area contributed by atoms with E-state index in [0.717, 1.165) is 5.76 Å². The molecule has 2 heterocycles. The van der Waals surface area contributed by atoms with Gasteiger partial charge in [0.05, 0.1) is 12.2 Å². The van der Waals surface area contributed by atoms with Crippen LogP contribution in [0.3, 0.4) is 0 Å². The molecule has 122 valence electrons. The van der Waals surface area contributed by atoms with Crippen molar-refractivity contribution in [1.29, 1.82) is 0 Å². The minimum absolute atomic E-state index is 0.109. The Bertz CT molecular complexity index is 488. The van der Waals surface area contributed by atoms with Gasteiger partial charge in [0, 0.05) is 39.3 Å². The number of ether oxygens (including phenoxy) is 1. The highest BCUT2D eigenvalue weighted by molar-refractivity contribution is 5.77. The van der Waals surface area contributed by atoms with Crippen LogP contribution < -0.4 is 5.32 Å². The van der Waals surface area contributed by atoms with Crippen molar-refractivity contribution in [3.8, 4) is 0 Å². The molecule has 1 aliphatic rings. The molecule has 0 radical (unpaired) electrons. The molecule has 2 amide bonds. The van der Waals surface area contributed by atoms with E-state index in [9.17, 15) is 9.59 Å². The molecule has 2 rings (SSSR count). The highest BCUT2D eigenvalue weighted by atomic mass is 16.5. The van der Waals surface area contributed by atoms with Crippen LogP contribution in [0.5, 0.6) is 0 Å². The van der Waals surface area contributed by atoms with Crippen LogP contribution in [-0.2, 0) is 16.0 Å². The molecule has 2 N–H and O–H groups in total. The van der Waals surface area contributed by atoms with Gasteiger partial charge in [0.25, 0.3) is 0 Å². The summed E-state index contributed by atoms with van der Waals surface area (Å²) in [4.78, 5) is 24.8. The van der Waals surface area contributed by atoms with E-state index in [4.69, 9.17) is 14.3 Å². The standard InChI is InChI=1S/C15H22N2O5/c1-21-8-5-12(9-13-3-2-7-22-13)16-15(20)17-6-4-11(10-17)14(18)19/h2-3,7,11-12H,4-6,8-10H2,1H3,(H,16,20)(H,18,19). The van der Waals surface area contributed by atoms with Gasteiger partial charge in [0.2, 0.25) is 0 Å². The van der Waals surface area contributed by atoms with E-state index >= 15 is 0 Å². The molecule has 2 unspecified atom stereocenters. The number of amides is 2. The zero-order valence-corrected chi connectivity index (χ0v) is 12.7. The van der Waals surface area contributed by atoms with Gasteiger partial charge in [0.1, 0.15) is 5.76 Å². The SMILES string of the molecule is COCCC(Cc1ccco1)NC(=O)N1CCC(C(=O)O)C1. The Kier molecular flexibility index (Phi) is 5.83. The minimum atomic E-state index is -0.846. The summed E-state index contributed by atoms with van der Waals surface area (Å²) in [7, 11) is 1.61. The maximum Gasteiger partial charge on any atom is 0.317 e. The van der Waals surface area contributed by atoms with Crippen molar-refractivity contribution < 1.29 is 23.8 Å². The van der Waals surface area contributed by atoms with Crippen LogP contribution in [-0.4, -0.2) is 54.9 Å². The molecule has 0 bridgehead atoms. The molecule has 7 heteroatoms. The first kappa shape index (κ1) is 16.4. The van der Waals surface area contributed by atoms with Gasteiger partial charge in [-0.3, -0.25) is 4.79 Å². The number of nitrogens with one attached hydrogen (secondary N) is 1. The highest BCUT2D eigenvalue weighted by Gasteiger charge is 2.31. The Morgan fingerprint density at radius 1 is 1.59 bits per heavy atom. The quantitative estimate of drug-likeness (QED) is 0.793. The number of hydrogen-bond acceptors (Lipinski definition) is 4. The van der Waals surface area contributed by atoms with Crippen LogP contribution in [0.15, 0.2) is 22.8 Å². The van der Waals surface area contributed by atoms with Crippen LogP contribution in [0.2, 0.25) is 0 Å². The number of rotatable bonds is 7. The zero-order chi connectivity index (χ0) is 15.9. The summed E-state index contributed by atoms with van der Waals surface area (Å²) in [6.45, 7) is 1.27. The lowest BCUT2D eigenvalue weighted by Gasteiger charge is -2.22. The number of methoxy groups -OCH3 is 1. The number of carbonyl (C=O) groups excluding carboxylic acids is 1. The van der Waals surface area contributed by atoms with E-state index in [2.05, 4.69) is 5.32 Å². The number of carboxylic acids is 1. The summed E-state index contributed by atoms with van der Waals surface area (Å²) in [5.74, 6) is -0.513. The molecule has 1 saturated heterocycles. The molecule has 1 aromatic rings. The molecular weight excluding hydrogens is 288 g/mol. The fraction of sp³-hybridized carbons (Fsp3) is 0.600. The third kappa shape index (κ3) is 4.49. The summed E-state index contributed by atoms with van der Waals surface area (Å²) in [6, 6.07) is 3.34. The van der Waals surface area contributed by atoms with Crippen LogP contribution in [0, 0.1) is 5.92 Å². The van der Waals surface area contributed by atoms with E-state index in [1.807, 2.05) is 12.1 Å². The molecule has 1 aliphatic heterocycles. The first-order chi connectivity index (χ1) is 10.6. The molecule has 1 aromatic heterocycles. The third-order valence-corrected chi connectivity index (χ3v) is 3.85. The van der Waals surface area contributed by atoms with Gasteiger partial charge >= 0.3 is 12.0 Å². The van der Waals surface area contributed by atoms with Crippen molar-refractivity contribution in [2.24, 2.45) is 5.92 Å². The maximum absolute atomic E-state index is 12.3. The first-order valence-corrected chi connectivity index (χ1v) is 7.39. The number of aliphatic carboxylic acids is 1. The van der Waals surface area contributed by atoms with E-state index in [0.29, 0.717) is 32.4 Å². The molecule has 2 atom stereocenters. The van der Waals surface area contributed by atoms with E-state index in [-0.39, 0.29) is 18.6 Å². The lowest BCUT2D eigenvalue weighted by molar-refractivity contribution is -0.141. The Morgan fingerprint density at radius 2 is 2.41 bits per heavy atom. The van der Waals surface area contributed by atoms with Crippen molar-refractivity contribution >= 4 is 12.0 Å². The van der Waals surface area contributed by atoms with Crippen molar-refractivity contribution in [3.05, 3.63) is 24.2 Å².